The van der Waals surface area contributed by atoms with Crippen LogP contribution in [-0.4, -0.2) is 31.2 Å². The van der Waals surface area contributed by atoms with E-state index in [4.69, 9.17) is 9.47 Å². The highest BCUT2D eigenvalue weighted by molar-refractivity contribution is 5.85. The summed E-state index contributed by atoms with van der Waals surface area (Å²) in [5.74, 6) is 2.28. The maximum absolute atomic E-state index is 12.6. The van der Waals surface area contributed by atoms with Gasteiger partial charge < -0.3 is 20.1 Å². The molecule has 0 aromatic heterocycles. The molecule has 2 N–H and O–H groups in total. The second kappa shape index (κ2) is 8.49. The van der Waals surface area contributed by atoms with Gasteiger partial charge in [0.05, 0.1) is 6.04 Å². The quantitative estimate of drug-likeness (QED) is 0.822. The van der Waals surface area contributed by atoms with Crippen molar-refractivity contribution in [3.05, 3.63) is 23.8 Å². The molecule has 3 unspecified atom stereocenters. The van der Waals surface area contributed by atoms with Crippen molar-refractivity contribution in [3.63, 3.8) is 0 Å². The molecule has 3 heterocycles. The van der Waals surface area contributed by atoms with Crippen LogP contribution >= 0.6 is 12.4 Å². The van der Waals surface area contributed by atoms with Crippen LogP contribution in [-0.2, 0) is 4.79 Å². The molecule has 144 valence electrons. The number of carbonyl (C=O) groups excluding carboxylic acids is 1. The molecule has 1 aromatic carbocycles. The molecule has 3 aliphatic heterocycles. The standard InChI is InChI=1S/C20H28N2O3.ClH/c1-2-17(14-3-6-18-19(12-14)25-8-7-24-18)22-20(23)11-13-9-15-4-5-16(10-13)21-15;/h3,6,12-13,15-17,21H,2,4-5,7-11H2,1H3,(H,22,23);1H. The normalized spacial score (nSPS) is 27.3. The minimum absolute atomic E-state index is 0. The van der Waals surface area contributed by atoms with Gasteiger partial charge in [0.2, 0.25) is 5.91 Å². The lowest BCUT2D eigenvalue weighted by Crippen LogP contribution is -2.40. The molecule has 6 heteroatoms. The fourth-order valence-electron chi connectivity index (χ4n) is 4.56. The van der Waals surface area contributed by atoms with E-state index >= 15 is 0 Å². The molecule has 0 radical (unpaired) electrons. The smallest absolute Gasteiger partial charge is 0.220 e. The molecule has 2 bridgehead atoms. The second-order valence-electron chi connectivity index (χ2n) is 7.61. The third-order valence-electron chi connectivity index (χ3n) is 5.76. The fourth-order valence-corrected chi connectivity index (χ4v) is 4.56. The van der Waals surface area contributed by atoms with Crippen molar-refractivity contribution in [3.8, 4) is 11.5 Å². The van der Waals surface area contributed by atoms with E-state index in [1.54, 1.807) is 0 Å². The van der Waals surface area contributed by atoms with Crippen molar-refractivity contribution in [2.75, 3.05) is 13.2 Å². The lowest BCUT2D eigenvalue weighted by molar-refractivity contribution is -0.123. The van der Waals surface area contributed by atoms with E-state index in [9.17, 15) is 4.79 Å². The van der Waals surface area contributed by atoms with E-state index < -0.39 is 0 Å². The lowest BCUT2D eigenvalue weighted by atomic mass is 9.89. The van der Waals surface area contributed by atoms with Crippen LogP contribution in [0.2, 0.25) is 0 Å². The number of rotatable bonds is 5. The second-order valence-corrected chi connectivity index (χ2v) is 7.61. The zero-order chi connectivity index (χ0) is 17.2. The summed E-state index contributed by atoms with van der Waals surface area (Å²) in [4.78, 5) is 12.6. The molecular weight excluding hydrogens is 352 g/mol. The molecule has 2 fully saturated rings. The first-order valence-electron chi connectivity index (χ1n) is 9.66. The Morgan fingerprint density at radius 1 is 1.19 bits per heavy atom. The Morgan fingerprint density at radius 2 is 1.88 bits per heavy atom. The highest BCUT2D eigenvalue weighted by Gasteiger charge is 2.34. The minimum atomic E-state index is 0. The Bertz CT molecular complexity index is 627. The van der Waals surface area contributed by atoms with Crippen LogP contribution in [0, 0.1) is 5.92 Å². The van der Waals surface area contributed by atoms with E-state index in [2.05, 4.69) is 17.6 Å². The average molecular weight is 381 g/mol. The first kappa shape index (κ1) is 19.3. The Kier molecular flexibility index (Phi) is 6.30. The molecule has 3 atom stereocenters. The molecule has 0 spiro atoms. The monoisotopic (exact) mass is 380 g/mol. The van der Waals surface area contributed by atoms with E-state index in [0.717, 1.165) is 36.3 Å². The summed E-state index contributed by atoms with van der Waals surface area (Å²) in [7, 11) is 0. The third kappa shape index (κ3) is 4.26. The molecule has 0 aliphatic carbocycles. The van der Waals surface area contributed by atoms with Crippen molar-refractivity contribution < 1.29 is 14.3 Å². The summed E-state index contributed by atoms with van der Waals surface area (Å²) in [6, 6.07) is 7.29. The lowest BCUT2D eigenvalue weighted by Gasteiger charge is -2.29. The number of nitrogens with one attached hydrogen (secondary N) is 2. The van der Waals surface area contributed by atoms with Crippen LogP contribution in [0.25, 0.3) is 0 Å². The van der Waals surface area contributed by atoms with Gasteiger partial charge in [-0.1, -0.05) is 13.0 Å². The van der Waals surface area contributed by atoms with Gasteiger partial charge in [0.1, 0.15) is 13.2 Å². The number of amides is 1. The molecule has 3 aliphatic rings. The molecule has 1 aromatic rings. The summed E-state index contributed by atoms with van der Waals surface area (Å²) >= 11 is 0. The number of ether oxygens (including phenoxy) is 2. The molecule has 4 rings (SSSR count). The van der Waals surface area contributed by atoms with Crippen LogP contribution in [0.1, 0.15) is 57.1 Å². The first-order chi connectivity index (χ1) is 12.2. The molecule has 2 saturated heterocycles. The zero-order valence-corrected chi connectivity index (χ0v) is 16.1. The highest BCUT2D eigenvalue weighted by Crippen LogP contribution is 2.34. The van der Waals surface area contributed by atoms with Crippen LogP contribution in [0.3, 0.4) is 0 Å². The summed E-state index contributed by atoms with van der Waals surface area (Å²) in [6.45, 7) is 3.28. The first-order valence-corrected chi connectivity index (χ1v) is 9.66. The Labute approximate surface area is 161 Å². The van der Waals surface area contributed by atoms with Gasteiger partial charge >= 0.3 is 0 Å². The van der Waals surface area contributed by atoms with Gasteiger partial charge in [0.15, 0.2) is 11.5 Å². The van der Waals surface area contributed by atoms with E-state index in [0.29, 0.717) is 37.6 Å². The largest absolute Gasteiger partial charge is 0.486 e. The highest BCUT2D eigenvalue weighted by atomic mass is 35.5. The van der Waals surface area contributed by atoms with Crippen LogP contribution < -0.4 is 20.1 Å². The predicted octanol–water partition coefficient (Wildman–Crippen LogP) is 3.37. The minimum Gasteiger partial charge on any atom is -0.486 e. The summed E-state index contributed by atoms with van der Waals surface area (Å²) in [5, 5.41) is 6.87. The number of halogens is 1. The summed E-state index contributed by atoms with van der Waals surface area (Å²) in [6.07, 6.45) is 6.35. The zero-order valence-electron chi connectivity index (χ0n) is 15.3. The van der Waals surface area contributed by atoms with Crippen molar-refractivity contribution >= 4 is 18.3 Å². The Hall–Kier alpha value is -1.46. The number of hydrogen-bond acceptors (Lipinski definition) is 4. The fraction of sp³-hybridized carbons (Fsp3) is 0.650. The van der Waals surface area contributed by atoms with Crippen molar-refractivity contribution in [1.82, 2.24) is 10.6 Å². The molecule has 26 heavy (non-hydrogen) atoms. The number of piperidine rings is 1. The number of hydrogen-bond donors (Lipinski definition) is 2. The summed E-state index contributed by atoms with van der Waals surface area (Å²) in [5.41, 5.74) is 1.09. The van der Waals surface area contributed by atoms with Crippen LogP contribution in [0.15, 0.2) is 18.2 Å². The van der Waals surface area contributed by atoms with E-state index in [-0.39, 0.29) is 24.4 Å². The van der Waals surface area contributed by atoms with Crippen molar-refractivity contribution in [2.24, 2.45) is 5.92 Å². The maximum atomic E-state index is 12.6. The SMILES string of the molecule is CCC(NC(=O)CC1CC2CCC(C1)N2)c1ccc2c(c1)OCCO2.Cl. The van der Waals surface area contributed by atoms with Gasteiger partial charge in [-0.3, -0.25) is 4.79 Å². The van der Waals surface area contributed by atoms with Gasteiger partial charge in [-0.15, -0.1) is 12.4 Å². The third-order valence-corrected chi connectivity index (χ3v) is 5.76. The topological polar surface area (TPSA) is 59.6 Å². The van der Waals surface area contributed by atoms with Crippen LogP contribution in [0.5, 0.6) is 11.5 Å². The van der Waals surface area contributed by atoms with Gasteiger partial charge in [-0.05, 0) is 55.7 Å². The van der Waals surface area contributed by atoms with Gasteiger partial charge in [0.25, 0.3) is 0 Å². The van der Waals surface area contributed by atoms with E-state index in [1.807, 2.05) is 18.2 Å². The van der Waals surface area contributed by atoms with Gasteiger partial charge in [0, 0.05) is 18.5 Å². The number of fused-ring (bicyclic) bond motifs is 3. The van der Waals surface area contributed by atoms with Crippen molar-refractivity contribution in [1.29, 1.82) is 0 Å². The molecule has 5 nitrogen and oxygen atoms in total. The van der Waals surface area contributed by atoms with Crippen LogP contribution in [0.4, 0.5) is 0 Å². The number of carbonyl (C=O) groups is 1. The van der Waals surface area contributed by atoms with Gasteiger partial charge in [-0.25, -0.2) is 0 Å². The Balaban J connectivity index is 0.00000196. The maximum Gasteiger partial charge on any atom is 0.220 e. The molecular formula is C20H29ClN2O3. The predicted molar refractivity (Wildman–Crippen MR) is 103 cm³/mol. The van der Waals surface area contributed by atoms with E-state index in [1.165, 1.54) is 12.8 Å². The Morgan fingerprint density at radius 3 is 2.58 bits per heavy atom. The average Bonchev–Trinajstić information content (AvgIpc) is 2.97. The molecule has 1 amide bonds. The van der Waals surface area contributed by atoms with Crippen molar-refractivity contribution in [2.45, 2.75) is 63.6 Å². The summed E-state index contributed by atoms with van der Waals surface area (Å²) < 4.78 is 11.3. The van der Waals surface area contributed by atoms with Gasteiger partial charge in [-0.2, -0.15) is 0 Å². The number of benzene rings is 1. The molecule has 0 saturated carbocycles.